The van der Waals surface area contributed by atoms with Gasteiger partial charge in [-0.05, 0) is 36.8 Å². The molecular weight excluding hydrogens is 350 g/mol. The topological polar surface area (TPSA) is 93.8 Å². The van der Waals surface area contributed by atoms with Crippen LogP contribution in [0.1, 0.15) is 21.6 Å². The van der Waals surface area contributed by atoms with Crippen molar-refractivity contribution in [3.8, 4) is 11.3 Å². The maximum atomic E-state index is 11.8. The predicted octanol–water partition coefficient (Wildman–Crippen LogP) is 3.71. The standard InChI is InChI=1S/C22H19N5O/c1-14-6-7-15(11-25-14)12-26-19-8-9-24-21-13-27-20(10-18(19)21)16-4-2-3-5-17(16)22(23)28/h2-11,13H,12H2,1H3,(H2,23,28)(H,24,26). The number of nitrogens with two attached hydrogens (primary N) is 1. The van der Waals surface area contributed by atoms with Crippen molar-refractivity contribution < 1.29 is 4.79 Å². The number of hydrogen-bond donors (Lipinski definition) is 2. The highest BCUT2D eigenvalue weighted by Crippen LogP contribution is 2.28. The summed E-state index contributed by atoms with van der Waals surface area (Å²) in [6, 6.07) is 15.1. The zero-order valence-corrected chi connectivity index (χ0v) is 15.4. The molecule has 0 unspecified atom stereocenters. The molecule has 6 heteroatoms. The summed E-state index contributed by atoms with van der Waals surface area (Å²) < 4.78 is 0. The third-order valence-corrected chi connectivity index (χ3v) is 4.55. The first kappa shape index (κ1) is 17.6. The first-order chi connectivity index (χ1) is 13.6. The average molecular weight is 369 g/mol. The third-order valence-electron chi connectivity index (χ3n) is 4.55. The summed E-state index contributed by atoms with van der Waals surface area (Å²) in [7, 11) is 0. The minimum absolute atomic E-state index is 0.443. The number of nitrogens with one attached hydrogen (secondary N) is 1. The molecular formula is C22H19N5O. The second-order valence-electron chi connectivity index (χ2n) is 6.52. The Balaban J connectivity index is 1.72. The lowest BCUT2D eigenvalue weighted by molar-refractivity contribution is 0.100. The Bertz CT molecular complexity index is 1160. The van der Waals surface area contributed by atoms with E-state index in [1.165, 1.54) is 0 Å². The van der Waals surface area contributed by atoms with E-state index in [9.17, 15) is 4.79 Å². The van der Waals surface area contributed by atoms with Crippen LogP contribution in [-0.2, 0) is 6.54 Å². The zero-order valence-electron chi connectivity index (χ0n) is 15.4. The molecule has 3 heterocycles. The number of nitrogens with zero attached hydrogens (tertiary/aromatic N) is 3. The lowest BCUT2D eigenvalue weighted by atomic mass is 10.0. The second-order valence-corrected chi connectivity index (χ2v) is 6.52. The molecule has 0 saturated carbocycles. The monoisotopic (exact) mass is 369 g/mol. The number of aromatic nitrogens is 3. The molecule has 0 aliphatic rings. The van der Waals surface area contributed by atoms with E-state index in [0.29, 0.717) is 23.4 Å². The van der Waals surface area contributed by atoms with Gasteiger partial charge in [0.25, 0.3) is 0 Å². The number of aryl methyl sites for hydroxylation is 1. The van der Waals surface area contributed by atoms with Gasteiger partial charge in [0.15, 0.2) is 0 Å². The first-order valence-electron chi connectivity index (χ1n) is 8.91. The van der Waals surface area contributed by atoms with E-state index in [0.717, 1.165) is 27.8 Å². The maximum Gasteiger partial charge on any atom is 0.249 e. The maximum absolute atomic E-state index is 11.8. The summed E-state index contributed by atoms with van der Waals surface area (Å²) in [5, 5.41) is 4.36. The van der Waals surface area contributed by atoms with Gasteiger partial charge in [-0.2, -0.15) is 0 Å². The molecule has 6 nitrogen and oxygen atoms in total. The van der Waals surface area contributed by atoms with E-state index in [2.05, 4.69) is 26.3 Å². The van der Waals surface area contributed by atoms with Gasteiger partial charge in [-0.1, -0.05) is 24.3 Å². The molecule has 0 spiro atoms. The average Bonchev–Trinajstić information content (AvgIpc) is 2.73. The number of pyridine rings is 3. The van der Waals surface area contributed by atoms with Crippen LogP contribution in [-0.4, -0.2) is 20.9 Å². The minimum atomic E-state index is -0.478. The molecule has 3 aromatic heterocycles. The Morgan fingerprint density at radius 2 is 1.89 bits per heavy atom. The van der Waals surface area contributed by atoms with Gasteiger partial charge in [-0.15, -0.1) is 0 Å². The lowest BCUT2D eigenvalue weighted by Crippen LogP contribution is -2.12. The van der Waals surface area contributed by atoms with Crippen molar-refractivity contribution in [1.82, 2.24) is 15.0 Å². The van der Waals surface area contributed by atoms with Crippen molar-refractivity contribution in [3.63, 3.8) is 0 Å². The summed E-state index contributed by atoms with van der Waals surface area (Å²) in [4.78, 5) is 25.0. The van der Waals surface area contributed by atoms with Crippen molar-refractivity contribution in [2.75, 3.05) is 5.32 Å². The second kappa shape index (κ2) is 7.44. The van der Waals surface area contributed by atoms with Gasteiger partial charge in [0, 0.05) is 46.8 Å². The van der Waals surface area contributed by atoms with Crippen LogP contribution in [0.2, 0.25) is 0 Å². The fourth-order valence-corrected chi connectivity index (χ4v) is 3.07. The van der Waals surface area contributed by atoms with Crippen molar-refractivity contribution in [1.29, 1.82) is 0 Å². The van der Waals surface area contributed by atoms with Crippen LogP contribution in [0.3, 0.4) is 0 Å². The smallest absolute Gasteiger partial charge is 0.249 e. The van der Waals surface area contributed by atoms with Crippen LogP contribution >= 0.6 is 0 Å². The molecule has 1 aromatic carbocycles. The minimum Gasteiger partial charge on any atom is -0.380 e. The number of fused-ring (bicyclic) bond motifs is 1. The SMILES string of the molecule is Cc1ccc(CNc2ccnc3cnc(-c4ccccc4C(N)=O)cc23)cn1. The van der Waals surface area contributed by atoms with Crippen LogP contribution in [0.25, 0.3) is 22.2 Å². The van der Waals surface area contributed by atoms with Gasteiger partial charge in [0.05, 0.1) is 17.4 Å². The van der Waals surface area contributed by atoms with Crippen LogP contribution in [0, 0.1) is 6.92 Å². The first-order valence-corrected chi connectivity index (χ1v) is 8.91. The molecule has 0 saturated heterocycles. The molecule has 0 bridgehead atoms. The Labute approximate surface area is 162 Å². The Kier molecular flexibility index (Phi) is 4.68. The van der Waals surface area contributed by atoms with Crippen LogP contribution in [0.4, 0.5) is 5.69 Å². The molecule has 0 aliphatic carbocycles. The van der Waals surface area contributed by atoms with Crippen LogP contribution < -0.4 is 11.1 Å². The number of benzene rings is 1. The summed E-state index contributed by atoms with van der Waals surface area (Å²) in [6.45, 7) is 2.61. The van der Waals surface area contributed by atoms with Crippen molar-refractivity contribution >= 4 is 22.5 Å². The van der Waals surface area contributed by atoms with Crippen molar-refractivity contribution in [3.05, 3.63) is 83.9 Å². The molecule has 4 aromatic rings. The highest BCUT2D eigenvalue weighted by atomic mass is 16.1. The predicted molar refractivity (Wildman–Crippen MR) is 110 cm³/mol. The fraction of sp³-hybridized carbons (Fsp3) is 0.0909. The lowest BCUT2D eigenvalue weighted by Gasteiger charge is -2.11. The molecule has 138 valence electrons. The highest BCUT2D eigenvalue weighted by Gasteiger charge is 2.12. The van der Waals surface area contributed by atoms with Crippen LogP contribution in [0.15, 0.2) is 67.1 Å². The van der Waals surface area contributed by atoms with Crippen molar-refractivity contribution in [2.24, 2.45) is 5.73 Å². The van der Waals surface area contributed by atoms with E-state index in [1.807, 2.05) is 43.5 Å². The Hall–Kier alpha value is -3.80. The molecule has 1 amide bonds. The molecule has 4 rings (SSSR count). The number of carbonyl (C=O) groups excluding carboxylic acids is 1. The number of rotatable bonds is 5. The zero-order chi connectivity index (χ0) is 19.5. The summed E-state index contributed by atoms with van der Waals surface area (Å²) in [5.74, 6) is -0.478. The van der Waals surface area contributed by atoms with Crippen LogP contribution in [0.5, 0.6) is 0 Å². The largest absolute Gasteiger partial charge is 0.380 e. The van der Waals surface area contributed by atoms with E-state index >= 15 is 0 Å². The van der Waals surface area contributed by atoms with Gasteiger partial charge in [0.2, 0.25) is 5.91 Å². The molecule has 28 heavy (non-hydrogen) atoms. The summed E-state index contributed by atoms with van der Waals surface area (Å²) in [5.41, 5.74) is 11.1. The number of carbonyl (C=O) groups is 1. The summed E-state index contributed by atoms with van der Waals surface area (Å²) in [6.07, 6.45) is 5.32. The van der Waals surface area contributed by atoms with Gasteiger partial charge in [-0.25, -0.2) is 0 Å². The molecule has 3 N–H and O–H groups in total. The van der Waals surface area contributed by atoms with E-state index in [-0.39, 0.29) is 0 Å². The van der Waals surface area contributed by atoms with E-state index in [4.69, 9.17) is 5.73 Å². The van der Waals surface area contributed by atoms with Gasteiger partial charge in [0.1, 0.15) is 0 Å². The molecule has 0 fully saturated rings. The third kappa shape index (κ3) is 3.53. The van der Waals surface area contributed by atoms with Crippen molar-refractivity contribution in [2.45, 2.75) is 13.5 Å². The molecule has 0 radical (unpaired) electrons. The summed E-state index contributed by atoms with van der Waals surface area (Å²) >= 11 is 0. The van der Waals surface area contributed by atoms with E-state index < -0.39 is 5.91 Å². The molecule has 0 aliphatic heterocycles. The van der Waals surface area contributed by atoms with Gasteiger partial charge in [-0.3, -0.25) is 19.7 Å². The van der Waals surface area contributed by atoms with Gasteiger partial charge >= 0.3 is 0 Å². The molecule has 0 atom stereocenters. The van der Waals surface area contributed by atoms with E-state index in [1.54, 1.807) is 24.5 Å². The number of anilines is 1. The van der Waals surface area contributed by atoms with Gasteiger partial charge < -0.3 is 11.1 Å². The normalized spacial score (nSPS) is 10.8. The number of amides is 1. The Morgan fingerprint density at radius 1 is 1.04 bits per heavy atom. The Morgan fingerprint density at radius 3 is 2.68 bits per heavy atom. The number of primary amides is 1. The highest BCUT2D eigenvalue weighted by molar-refractivity contribution is 6.01. The fourth-order valence-electron chi connectivity index (χ4n) is 3.07. The number of hydrogen-bond acceptors (Lipinski definition) is 5. The quantitative estimate of drug-likeness (QED) is 0.559.